The van der Waals surface area contributed by atoms with Crippen molar-refractivity contribution >= 4 is 11.9 Å². The molecule has 0 radical (unpaired) electrons. The number of esters is 2. The maximum absolute atomic E-state index is 10.9. The summed E-state index contributed by atoms with van der Waals surface area (Å²) in [5.41, 5.74) is -0.869. The molecule has 1 rings (SSSR count). The maximum Gasteiger partial charge on any atom is 0.307 e. The fourth-order valence-electron chi connectivity index (χ4n) is 1.43. The molecule has 0 aliphatic heterocycles. The van der Waals surface area contributed by atoms with Crippen molar-refractivity contribution in [2.24, 2.45) is 0 Å². The normalized spacial score (nSPS) is 24.3. The molecule has 0 saturated heterocycles. The lowest BCUT2D eigenvalue weighted by Gasteiger charge is -2.31. The van der Waals surface area contributed by atoms with Gasteiger partial charge >= 0.3 is 11.9 Å². The van der Waals surface area contributed by atoms with E-state index in [-0.39, 0.29) is 0 Å². The third-order valence-corrected chi connectivity index (χ3v) is 2.03. The second-order valence-corrected chi connectivity index (χ2v) is 3.58. The molecule has 0 fully saturated rings. The summed E-state index contributed by atoms with van der Waals surface area (Å²) in [6.07, 6.45) is 5.76. The first kappa shape index (κ1) is 11.5. The van der Waals surface area contributed by atoms with E-state index in [1.807, 2.05) is 6.08 Å². The van der Waals surface area contributed by atoms with Gasteiger partial charge in [-0.05, 0) is 13.0 Å². The molecule has 0 N–H and O–H groups in total. The summed E-state index contributed by atoms with van der Waals surface area (Å²) >= 11 is 0. The van der Waals surface area contributed by atoms with Crippen LogP contribution in [-0.2, 0) is 19.1 Å². The van der Waals surface area contributed by atoms with E-state index in [1.165, 1.54) is 13.8 Å². The molecule has 1 aliphatic rings. The van der Waals surface area contributed by atoms with Crippen LogP contribution in [-0.4, -0.2) is 17.5 Å². The van der Waals surface area contributed by atoms with Gasteiger partial charge in [0.1, 0.15) is 0 Å². The van der Waals surface area contributed by atoms with Crippen LogP contribution in [0, 0.1) is 0 Å². The van der Waals surface area contributed by atoms with E-state index in [2.05, 4.69) is 0 Å². The summed E-state index contributed by atoms with van der Waals surface area (Å²) in [5.74, 6) is -0.450. The topological polar surface area (TPSA) is 52.6 Å². The summed E-state index contributed by atoms with van der Waals surface area (Å²) in [6, 6.07) is 0. The first-order valence-electron chi connectivity index (χ1n) is 4.69. The highest BCUT2D eigenvalue weighted by atomic mass is 16.6. The molecular formula is C11H14O4. The van der Waals surface area contributed by atoms with E-state index < -0.39 is 17.5 Å². The number of hydrogen-bond donors (Lipinski definition) is 0. The van der Waals surface area contributed by atoms with Gasteiger partial charge in [-0.1, -0.05) is 12.2 Å². The summed E-state index contributed by atoms with van der Waals surface area (Å²) < 4.78 is 10.2. The van der Waals surface area contributed by atoms with Crippen molar-refractivity contribution in [1.82, 2.24) is 0 Å². The molecule has 1 atom stereocenters. The van der Waals surface area contributed by atoms with Crippen LogP contribution in [0.1, 0.15) is 27.2 Å². The van der Waals surface area contributed by atoms with Crippen LogP contribution in [0.5, 0.6) is 0 Å². The van der Waals surface area contributed by atoms with E-state index in [0.29, 0.717) is 12.2 Å². The van der Waals surface area contributed by atoms with Gasteiger partial charge in [0, 0.05) is 20.3 Å². The average Bonchev–Trinajstić information content (AvgIpc) is 2.07. The molecule has 4 nitrogen and oxygen atoms in total. The fourth-order valence-corrected chi connectivity index (χ4v) is 1.43. The Labute approximate surface area is 88.6 Å². The molecule has 0 aromatic carbocycles. The summed E-state index contributed by atoms with van der Waals surface area (Å²) in [6.45, 7) is 4.36. The molecular weight excluding hydrogens is 196 g/mol. The first-order valence-corrected chi connectivity index (χ1v) is 4.69. The lowest BCUT2D eigenvalue weighted by Crippen LogP contribution is -2.35. The van der Waals surface area contributed by atoms with Gasteiger partial charge in [0.25, 0.3) is 0 Å². The van der Waals surface area contributed by atoms with Gasteiger partial charge in [-0.25, -0.2) is 0 Å². The predicted octanol–water partition coefficient (Wildman–Crippen LogP) is 1.72. The SMILES string of the molecule is CC(=O)OC1=CC=CCC1(C)OC(C)=O. The highest BCUT2D eigenvalue weighted by Gasteiger charge is 2.35. The minimum absolute atomic E-state index is 0.368. The van der Waals surface area contributed by atoms with Crippen LogP contribution >= 0.6 is 0 Å². The lowest BCUT2D eigenvalue weighted by atomic mass is 9.95. The Morgan fingerprint density at radius 3 is 2.53 bits per heavy atom. The number of carbonyl (C=O) groups is 2. The van der Waals surface area contributed by atoms with Crippen LogP contribution in [0.3, 0.4) is 0 Å². The molecule has 15 heavy (non-hydrogen) atoms. The molecule has 0 bridgehead atoms. The van der Waals surface area contributed by atoms with Crippen LogP contribution in [0.2, 0.25) is 0 Å². The van der Waals surface area contributed by atoms with Crippen molar-refractivity contribution in [1.29, 1.82) is 0 Å². The average molecular weight is 210 g/mol. The summed E-state index contributed by atoms with van der Waals surface area (Å²) in [5, 5.41) is 0. The number of carbonyl (C=O) groups excluding carboxylic acids is 2. The molecule has 82 valence electrons. The Kier molecular flexibility index (Phi) is 3.29. The molecule has 4 heteroatoms. The largest absolute Gasteiger partial charge is 0.451 e. The van der Waals surface area contributed by atoms with Crippen LogP contribution in [0.15, 0.2) is 24.0 Å². The highest BCUT2D eigenvalue weighted by molar-refractivity contribution is 5.69. The summed E-state index contributed by atoms with van der Waals surface area (Å²) in [7, 11) is 0. The van der Waals surface area contributed by atoms with Crippen molar-refractivity contribution in [3.8, 4) is 0 Å². The molecule has 0 heterocycles. The van der Waals surface area contributed by atoms with Gasteiger partial charge in [0.2, 0.25) is 0 Å². The van der Waals surface area contributed by atoms with E-state index in [4.69, 9.17) is 9.47 Å². The zero-order valence-electron chi connectivity index (χ0n) is 9.07. The standard InChI is InChI=1S/C11H14O4/c1-8(12)14-10-6-4-5-7-11(10,3)15-9(2)13/h4-6H,7H2,1-3H3. The van der Waals surface area contributed by atoms with Gasteiger partial charge in [0.15, 0.2) is 11.4 Å². The molecule has 0 aromatic rings. The van der Waals surface area contributed by atoms with Crippen LogP contribution in [0.25, 0.3) is 0 Å². The van der Waals surface area contributed by atoms with Crippen LogP contribution in [0.4, 0.5) is 0 Å². The zero-order chi connectivity index (χ0) is 11.5. The van der Waals surface area contributed by atoms with Crippen molar-refractivity contribution in [2.45, 2.75) is 32.8 Å². The Morgan fingerprint density at radius 1 is 1.33 bits per heavy atom. The number of rotatable bonds is 2. The third-order valence-electron chi connectivity index (χ3n) is 2.03. The Balaban J connectivity index is 2.87. The van der Waals surface area contributed by atoms with E-state index in [1.54, 1.807) is 19.1 Å². The Bertz CT molecular complexity index is 340. The van der Waals surface area contributed by atoms with Crippen molar-refractivity contribution < 1.29 is 19.1 Å². The number of hydrogen-bond acceptors (Lipinski definition) is 4. The van der Waals surface area contributed by atoms with Gasteiger partial charge < -0.3 is 9.47 Å². The maximum atomic E-state index is 10.9. The van der Waals surface area contributed by atoms with Crippen molar-refractivity contribution in [3.63, 3.8) is 0 Å². The molecule has 0 amide bonds. The van der Waals surface area contributed by atoms with Crippen LogP contribution < -0.4 is 0 Å². The molecule has 1 unspecified atom stereocenters. The van der Waals surface area contributed by atoms with Gasteiger partial charge in [-0.2, -0.15) is 0 Å². The second-order valence-electron chi connectivity index (χ2n) is 3.58. The van der Waals surface area contributed by atoms with E-state index in [9.17, 15) is 9.59 Å². The number of ether oxygens (including phenoxy) is 2. The molecule has 1 aliphatic carbocycles. The Hall–Kier alpha value is -1.58. The fraction of sp³-hybridized carbons (Fsp3) is 0.455. The van der Waals surface area contributed by atoms with Crippen molar-refractivity contribution in [2.75, 3.05) is 0 Å². The first-order chi connectivity index (χ1) is 6.94. The van der Waals surface area contributed by atoms with E-state index in [0.717, 1.165) is 0 Å². The Morgan fingerprint density at radius 2 is 2.00 bits per heavy atom. The molecule has 0 spiro atoms. The van der Waals surface area contributed by atoms with E-state index >= 15 is 0 Å². The minimum Gasteiger partial charge on any atom is -0.451 e. The van der Waals surface area contributed by atoms with Gasteiger partial charge in [-0.15, -0.1) is 0 Å². The van der Waals surface area contributed by atoms with Crippen molar-refractivity contribution in [3.05, 3.63) is 24.0 Å². The van der Waals surface area contributed by atoms with Gasteiger partial charge in [0.05, 0.1) is 0 Å². The second kappa shape index (κ2) is 4.29. The highest BCUT2D eigenvalue weighted by Crippen LogP contribution is 2.30. The predicted molar refractivity (Wildman–Crippen MR) is 53.8 cm³/mol. The molecule has 0 aromatic heterocycles. The summed E-state index contributed by atoms with van der Waals surface area (Å²) in [4.78, 5) is 21.8. The third kappa shape index (κ3) is 2.94. The molecule has 0 saturated carbocycles. The lowest BCUT2D eigenvalue weighted by molar-refractivity contribution is -0.159. The number of allylic oxidation sites excluding steroid dienone is 2. The minimum atomic E-state index is -0.869. The van der Waals surface area contributed by atoms with Gasteiger partial charge in [-0.3, -0.25) is 9.59 Å². The smallest absolute Gasteiger partial charge is 0.307 e. The quantitative estimate of drug-likeness (QED) is 0.651. The monoisotopic (exact) mass is 210 g/mol. The zero-order valence-corrected chi connectivity index (χ0v) is 9.07.